The van der Waals surface area contributed by atoms with E-state index in [0.29, 0.717) is 32.7 Å². The van der Waals surface area contributed by atoms with E-state index in [4.69, 9.17) is 14.2 Å². The van der Waals surface area contributed by atoms with Crippen molar-refractivity contribution >= 4 is 0 Å². The van der Waals surface area contributed by atoms with Gasteiger partial charge in [-0.25, -0.2) is 0 Å². The molecule has 0 radical (unpaired) electrons. The SMILES string of the molecule is C=C[C@@]12COC3(C[C@@H]1C=C[C@@H](O)C2)OCCO3. The number of ether oxygens (including phenoxy) is 3. The lowest BCUT2D eigenvalue weighted by Crippen LogP contribution is -2.51. The Bertz CT molecular complexity index is 345. The first-order valence-corrected chi connectivity index (χ1v) is 6.10. The summed E-state index contributed by atoms with van der Waals surface area (Å²) < 4.78 is 16.9. The van der Waals surface area contributed by atoms with Gasteiger partial charge in [0.1, 0.15) is 0 Å². The van der Waals surface area contributed by atoms with Crippen LogP contribution in [0.25, 0.3) is 0 Å². The molecule has 3 rings (SSSR count). The first-order valence-electron chi connectivity index (χ1n) is 6.10. The second-order valence-electron chi connectivity index (χ2n) is 5.07. The Morgan fingerprint density at radius 3 is 2.65 bits per heavy atom. The largest absolute Gasteiger partial charge is 0.389 e. The van der Waals surface area contributed by atoms with E-state index in [1.54, 1.807) is 0 Å². The first kappa shape index (κ1) is 11.4. The number of aliphatic hydroxyl groups excluding tert-OH is 1. The van der Waals surface area contributed by atoms with Crippen LogP contribution in [-0.2, 0) is 14.2 Å². The van der Waals surface area contributed by atoms with Crippen molar-refractivity contribution in [1.29, 1.82) is 0 Å². The summed E-state index contributed by atoms with van der Waals surface area (Å²) in [5, 5.41) is 9.75. The van der Waals surface area contributed by atoms with E-state index >= 15 is 0 Å². The second-order valence-corrected chi connectivity index (χ2v) is 5.07. The molecule has 0 aromatic carbocycles. The van der Waals surface area contributed by atoms with Gasteiger partial charge in [-0.05, 0) is 12.3 Å². The molecular weight excluding hydrogens is 220 g/mol. The van der Waals surface area contributed by atoms with Gasteiger partial charge in [-0.2, -0.15) is 0 Å². The average molecular weight is 238 g/mol. The second kappa shape index (κ2) is 3.92. The summed E-state index contributed by atoms with van der Waals surface area (Å²) in [5.74, 6) is -0.598. The quantitative estimate of drug-likeness (QED) is 0.698. The minimum Gasteiger partial charge on any atom is -0.389 e. The maximum absolute atomic E-state index is 9.75. The summed E-state index contributed by atoms with van der Waals surface area (Å²) in [4.78, 5) is 0. The summed E-state index contributed by atoms with van der Waals surface area (Å²) in [6.07, 6.45) is 6.72. The minimum absolute atomic E-state index is 0.186. The van der Waals surface area contributed by atoms with Crippen molar-refractivity contribution in [3.63, 3.8) is 0 Å². The van der Waals surface area contributed by atoms with E-state index in [-0.39, 0.29) is 11.3 Å². The number of fused-ring (bicyclic) bond motifs is 1. The van der Waals surface area contributed by atoms with E-state index in [9.17, 15) is 5.11 Å². The van der Waals surface area contributed by atoms with Crippen molar-refractivity contribution in [3.05, 3.63) is 24.8 Å². The van der Waals surface area contributed by atoms with Gasteiger partial charge < -0.3 is 19.3 Å². The monoisotopic (exact) mass is 238 g/mol. The topological polar surface area (TPSA) is 47.9 Å². The molecule has 0 saturated carbocycles. The highest BCUT2D eigenvalue weighted by Gasteiger charge is 2.52. The van der Waals surface area contributed by atoms with E-state index in [1.165, 1.54) is 0 Å². The number of hydrogen-bond acceptors (Lipinski definition) is 4. The summed E-state index contributed by atoms with van der Waals surface area (Å²) in [5.41, 5.74) is -0.186. The van der Waals surface area contributed by atoms with E-state index in [1.807, 2.05) is 18.2 Å². The van der Waals surface area contributed by atoms with Crippen molar-refractivity contribution in [3.8, 4) is 0 Å². The Kier molecular flexibility index (Phi) is 2.63. The van der Waals surface area contributed by atoms with Crippen LogP contribution in [-0.4, -0.2) is 37.0 Å². The van der Waals surface area contributed by atoms with E-state index in [0.717, 1.165) is 0 Å². The summed E-state index contributed by atoms with van der Waals surface area (Å²) in [6.45, 7) is 5.56. The number of rotatable bonds is 1. The lowest BCUT2D eigenvalue weighted by Gasteiger charge is -2.48. The highest BCUT2D eigenvalue weighted by Crippen LogP contribution is 2.49. The molecule has 3 aliphatic rings. The van der Waals surface area contributed by atoms with E-state index < -0.39 is 12.1 Å². The van der Waals surface area contributed by atoms with Crippen molar-refractivity contribution in [2.45, 2.75) is 24.9 Å². The summed E-state index contributed by atoms with van der Waals surface area (Å²) in [6, 6.07) is 0. The summed E-state index contributed by atoms with van der Waals surface area (Å²) >= 11 is 0. The van der Waals surface area contributed by atoms with Crippen molar-refractivity contribution in [2.75, 3.05) is 19.8 Å². The Labute approximate surface area is 101 Å². The summed E-state index contributed by atoms with van der Waals surface area (Å²) in [7, 11) is 0. The Hall–Kier alpha value is -0.680. The molecule has 1 aliphatic carbocycles. The molecule has 4 heteroatoms. The molecule has 0 amide bonds. The molecule has 1 N–H and O–H groups in total. The fourth-order valence-corrected chi connectivity index (χ4v) is 3.00. The molecule has 94 valence electrons. The first-order chi connectivity index (χ1) is 8.18. The molecule has 2 fully saturated rings. The molecule has 1 spiro atoms. The highest BCUT2D eigenvalue weighted by molar-refractivity contribution is 5.16. The molecular formula is C13H18O4. The molecule has 2 saturated heterocycles. The van der Waals surface area contributed by atoms with Gasteiger partial charge in [-0.1, -0.05) is 18.2 Å². The molecule has 0 aromatic rings. The van der Waals surface area contributed by atoms with Crippen LogP contribution >= 0.6 is 0 Å². The van der Waals surface area contributed by atoms with Gasteiger partial charge >= 0.3 is 0 Å². The van der Waals surface area contributed by atoms with Gasteiger partial charge in [0.15, 0.2) is 0 Å². The van der Waals surface area contributed by atoms with Gasteiger partial charge in [-0.3, -0.25) is 0 Å². The smallest absolute Gasteiger partial charge is 0.283 e. The molecule has 3 atom stereocenters. The van der Waals surface area contributed by atoms with Crippen LogP contribution in [0.1, 0.15) is 12.8 Å². The maximum atomic E-state index is 9.75. The molecule has 0 unspecified atom stereocenters. The van der Waals surface area contributed by atoms with Gasteiger partial charge in [-0.15, -0.1) is 6.58 Å². The van der Waals surface area contributed by atoms with Crippen molar-refractivity contribution in [2.24, 2.45) is 11.3 Å². The maximum Gasteiger partial charge on any atom is 0.283 e. The van der Waals surface area contributed by atoms with Crippen molar-refractivity contribution < 1.29 is 19.3 Å². The van der Waals surface area contributed by atoms with Crippen LogP contribution in [0.3, 0.4) is 0 Å². The Morgan fingerprint density at radius 1 is 1.18 bits per heavy atom. The fourth-order valence-electron chi connectivity index (χ4n) is 3.00. The van der Waals surface area contributed by atoms with Gasteiger partial charge in [0.25, 0.3) is 5.97 Å². The zero-order valence-electron chi connectivity index (χ0n) is 9.80. The van der Waals surface area contributed by atoms with E-state index in [2.05, 4.69) is 6.58 Å². The Morgan fingerprint density at radius 2 is 1.94 bits per heavy atom. The lowest BCUT2D eigenvalue weighted by atomic mass is 9.66. The molecule has 4 nitrogen and oxygen atoms in total. The standard InChI is InChI=1S/C13H18O4/c1-2-12-8-11(14)4-3-10(12)7-13(17-9-12)15-5-6-16-13/h2-4,10-11,14H,1,5-9H2/t10-,11+,12+/m0/s1. The van der Waals surface area contributed by atoms with Crippen LogP contribution < -0.4 is 0 Å². The van der Waals surface area contributed by atoms with Crippen molar-refractivity contribution in [1.82, 2.24) is 0 Å². The minimum atomic E-state index is -0.857. The molecule has 17 heavy (non-hydrogen) atoms. The van der Waals surface area contributed by atoms with Gasteiger partial charge in [0.2, 0.25) is 0 Å². The Balaban J connectivity index is 1.86. The fraction of sp³-hybridized carbons (Fsp3) is 0.692. The highest BCUT2D eigenvalue weighted by atomic mass is 16.9. The molecule has 0 aromatic heterocycles. The normalized spacial score (nSPS) is 43.6. The van der Waals surface area contributed by atoms with Gasteiger partial charge in [0, 0.05) is 11.8 Å². The van der Waals surface area contributed by atoms with Crippen LogP contribution in [0.2, 0.25) is 0 Å². The number of allylic oxidation sites excluding steroid dienone is 1. The lowest BCUT2D eigenvalue weighted by molar-refractivity contribution is -0.367. The predicted octanol–water partition coefficient (Wildman–Crippen LogP) is 1.22. The number of aliphatic hydroxyl groups is 1. The van der Waals surface area contributed by atoms with Crippen LogP contribution in [0.5, 0.6) is 0 Å². The number of hydrogen-bond donors (Lipinski definition) is 1. The molecule has 2 aliphatic heterocycles. The van der Waals surface area contributed by atoms with Crippen LogP contribution in [0.4, 0.5) is 0 Å². The zero-order chi connectivity index (χ0) is 11.9. The van der Waals surface area contributed by atoms with Gasteiger partial charge in [0.05, 0.1) is 25.9 Å². The van der Waals surface area contributed by atoms with Crippen LogP contribution in [0, 0.1) is 11.3 Å². The third kappa shape index (κ3) is 1.76. The third-order valence-electron chi connectivity index (χ3n) is 4.06. The molecule has 0 bridgehead atoms. The third-order valence-corrected chi connectivity index (χ3v) is 4.06. The van der Waals surface area contributed by atoms with Crippen LogP contribution in [0.15, 0.2) is 24.8 Å². The zero-order valence-corrected chi connectivity index (χ0v) is 9.80. The predicted molar refractivity (Wildman–Crippen MR) is 61.1 cm³/mol. The molecule has 2 heterocycles. The average Bonchev–Trinajstić information content (AvgIpc) is 2.78.